The van der Waals surface area contributed by atoms with E-state index in [0.717, 1.165) is 12.1 Å². The molecule has 0 saturated heterocycles. The third-order valence-electron chi connectivity index (χ3n) is 1.49. The zero-order valence-electron chi connectivity index (χ0n) is 6.00. The molecule has 0 unspecified atom stereocenters. The van der Waals surface area contributed by atoms with Crippen LogP contribution in [0.1, 0.15) is 12.5 Å². The molecule has 0 radical (unpaired) electrons. The first-order chi connectivity index (χ1) is 5.16. The average Bonchev–Trinajstić information content (AvgIpc) is 1.99. The molecule has 0 bridgehead atoms. The second-order valence-corrected chi connectivity index (χ2v) is 2.55. The number of hydrogen-bond donors (Lipinski definition) is 0. The summed E-state index contributed by atoms with van der Waals surface area (Å²) < 4.78 is 25.4. The summed E-state index contributed by atoms with van der Waals surface area (Å²) in [5.74, 6) is -1.01. The van der Waals surface area contributed by atoms with Crippen molar-refractivity contribution in [2.75, 3.05) is 0 Å². The highest BCUT2D eigenvalue weighted by Gasteiger charge is 2.08. The van der Waals surface area contributed by atoms with E-state index in [9.17, 15) is 8.78 Å². The van der Waals surface area contributed by atoms with Crippen molar-refractivity contribution in [2.24, 2.45) is 0 Å². The van der Waals surface area contributed by atoms with Gasteiger partial charge in [-0.2, -0.15) is 0 Å². The third-order valence-corrected chi connectivity index (χ3v) is 1.90. The Morgan fingerprint density at radius 1 is 1.27 bits per heavy atom. The minimum Gasteiger partial charge on any atom is -0.207 e. The summed E-state index contributed by atoms with van der Waals surface area (Å²) in [6.07, 6.45) is 0.405. The van der Waals surface area contributed by atoms with Gasteiger partial charge in [0, 0.05) is 5.56 Å². The summed E-state index contributed by atoms with van der Waals surface area (Å²) in [4.78, 5) is 0. The smallest absolute Gasteiger partial charge is 0.142 e. The fraction of sp³-hybridized carbons (Fsp3) is 0.250. The van der Waals surface area contributed by atoms with E-state index in [4.69, 9.17) is 11.6 Å². The van der Waals surface area contributed by atoms with Crippen LogP contribution >= 0.6 is 11.6 Å². The van der Waals surface area contributed by atoms with Gasteiger partial charge in [-0.15, -0.1) is 0 Å². The van der Waals surface area contributed by atoms with E-state index in [1.807, 2.05) is 0 Å². The highest BCUT2D eigenvalue weighted by Crippen LogP contribution is 2.22. The average molecular weight is 177 g/mol. The van der Waals surface area contributed by atoms with Crippen LogP contribution < -0.4 is 0 Å². The molecule has 0 nitrogen and oxygen atoms in total. The zero-order valence-corrected chi connectivity index (χ0v) is 6.75. The van der Waals surface area contributed by atoms with E-state index in [2.05, 4.69) is 0 Å². The molecule has 0 aliphatic carbocycles. The minimum absolute atomic E-state index is 0.104. The molecule has 0 heterocycles. The molecule has 0 aromatic heterocycles. The Labute approximate surface area is 68.8 Å². The summed E-state index contributed by atoms with van der Waals surface area (Å²) in [6, 6.07) is 2.11. The zero-order chi connectivity index (χ0) is 8.43. The Balaban J connectivity index is 3.29. The van der Waals surface area contributed by atoms with Gasteiger partial charge in [0.1, 0.15) is 11.6 Å². The molecule has 0 amide bonds. The van der Waals surface area contributed by atoms with Gasteiger partial charge in [-0.25, -0.2) is 8.78 Å². The predicted molar refractivity (Wildman–Crippen MR) is 40.7 cm³/mol. The lowest BCUT2D eigenvalue weighted by atomic mass is 10.1. The molecule has 0 N–H and O–H groups in total. The van der Waals surface area contributed by atoms with Crippen LogP contribution in [0.3, 0.4) is 0 Å². The molecule has 11 heavy (non-hydrogen) atoms. The molecular weight excluding hydrogens is 170 g/mol. The SMILES string of the molecule is CCc1c(F)ccc(F)c1Cl. The van der Waals surface area contributed by atoms with E-state index in [1.54, 1.807) is 6.92 Å². The van der Waals surface area contributed by atoms with Crippen LogP contribution in [-0.4, -0.2) is 0 Å². The van der Waals surface area contributed by atoms with E-state index in [-0.39, 0.29) is 10.6 Å². The second kappa shape index (κ2) is 3.18. The Morgan fingerprint density at radius 2 is 1.82 bits per heavy atom. The number of rotatable bonds is 1. The Morgan fingerprint density at radius 3 is 2.27 bits per heavy atom. The molecule has 1 rings (SSSR count). The minimum atomic E-state index is -0.565. The van der Waals surface area contributed by atoms with E-state index < -0.39 is 11.6 Å². The summed E-state index contributed by atoms with van der Waals surface area (Å²) in [5.41, 5.74) is 0.242. The third kappa shape index (κ3) is 1.51. The first kappa shape index (κ1) is 8.47. The van der Waals surface area contributed by atoms with E-state index in [0.29, 0.717) is 6.42 Å². The highest BCUT2D eigenvalue weighted by molar-refractivity contribution is 6.31. The van der Waals surface area contributed by atoms with Crippen LogP contribution in [0.2, 0.25) is 5.02 Å². The van der Waals surface area contributed by atoms with Crippen molar-refractivity contribution in [1.29, 1.82) is 0 Å². The maximum atomic E-state index is 12.8. The monoisotopic (exact) mass is 176 g/mol. The molecule has 0 fully saturated rings. The van der Waals surface area contributed by atoms with Gasteiger partial charge >= 0.3 is 0 Å². The largest absolute Gasteiger partial charge is 0.207 e. The van der Waals surface area contributed by atoms with Crippen LogP contribution in [-0.2, 0) is 6.42 Å². The van der Waals surface area contributed by atoms with Crippen molar-refractivity contribution in [3.63, 3.8) is 0 Å². The summed E-state index contributed by atoms with van der Waals surface area (Å²) in [6.45, 7) is 1.73. The molecule has 1 aromatic rings. The molecule has 0 saturated carbocycles. The van der Waals surface area contributed by atoms with Gasteiger partial charge in [0.2, 0.25) is 0 Å². The molecule has 0 aliphatic heterocycles. The van der Waals surface area contributed by atoms with Crippen molar-refractivity contribution >= 4 is 11.6 Å². The van der Waals surface area contributed by atoms with Crippen LogP contribution in [0, 0.1) is 11.6 Å². The summed E-state index contributed by atoms with van der Waals surface area (Å²) in [7, 11) is 0. The maximum Gasteiger partial charge on any atom is 0.142 e. The van der Waals surface area contributed by atoms with Gasteiger partial charge in [-0.3, -0.25) is 0 Å². The Bertz CT molecular complexity index is 271. The van der Waals surface area contributed by atoms with E-state index >= 15 is 0 Å². The quantitative estimate of drug-likeness (QED) is 0.577. The molecular formula is C8H7ClF2. The predicted octanol–water partition coefficient (Wildman–Crippen LogP) is 3.18. The number of benzene rings is 1. The van der Waals surface area contributed by atoms with Gasteiger partial charge in [0.05, 0.1) is 5.02 Å². The summed E-state index contributed by atoms with van der Waals surface area (Å²) in [5, 5.41) is -0.104. The first-order valence-corrected chi connectivity index (χ1v) is 3.67. The highest BCUT2D eigenvalue weighted by atomic mass is 35.5. The van der Waals surface area contributed by atoms with Crippen LogP contribution in [0.5, 0.6) is 0 Å². The lowest BCUT2D eigenvalue weighted by Gasteiger charge is -2.02. The van der Waals surface area contributed by atoms with Crippen molar-refractivity contribution < 1.29 is 8.78 Å². The molecule has 1 aromatic carbocycles. The molecule has 60 valence electrons. The fourth-order valence-electron chi connectivity index (χ4n) is 0.893. The molecule has 0 aliphatic rings. The molecule has 0 atom stereocenters. The van der Waals surface area contributed by atoms with Gasteiger partial charge in [-0.05, 0) is 18.6 Å². The first-order valence-electron chi connectivity index (χ1n) is 3.29. The van der Waals surface area contributed by atoms with Crippen LogP contribution in [0.15, 0.2) is 12.1 Å². The van der Waals surface area contributed by atoms with Crippen LogP contribution in [0.25, 0.3) is 0 Å². The topological polar surface area (TPSA) is 0 Å². The Kier molecular flexibility index (Phi) is 2.45. The van der Waals surface area contributed by atoms with Crippen molar-refractivity contribution in [3.05, 3.63) is 34.4 Å². The van der Waals surface area contributed by atoms with Gasteiger partial charge in [0.25, 0.3) is 0 Å². The van der Waals surface area contributed by atoms with Crippen LogP contribution in [0.4, 0.5) is 8.78 Å². The lowest BCUT2D eigenvalue weighted by molar-refractivity contribution is 0.587. The lowest BCUT2D eigenvalue weighted by Crippen LogP contribution is -1.91. The summed E-state index contributed by atoms with van der Waals surface area (Å²) >= 11 is 5.48. The van der Waals surface area contributed by atoms with Crippen molar-refractivity contribution in [1.82, 2.24) is 0 Å². The maximum absolute atomic E-state index is 12.8. The standard InChI is InChI=1S/C8H7ClF2/c1-2-5-6(10)3-4-7(11)8(5)9/h3-4H,2H2,1H3. The van der Waals surface area contributed by atoms with Gasteiger partial charge in [0.15, 0.2) is 0 Å². The fourth-order valence-corrected chi connectivity index (χ4v) is 1.18. The second-order valence-electron chi connectivity index (χ2n) is 2.18. The number of hydrogen-bond acceptors (Lipinski definition) is 0. The van der Waals surface area contributed by atoms with Crippen molar-refractivity contribution in [3.8, 4) is 0 Å². The van der Waals surface area contributed by atoms with Gasteiger partial charge < -0.3 is 0 Å². The van der Waals surface area contributed by atoms with Crippen molar-refractivity contribution in [2.45, 2.75) is 13.3 Å². The van der Waals surface area contributed by atoms with E-state index in [1.165, 1.54) is 0 Å². The molecule has 3 heteroatoms. The number of halogens is 3. The normalized spacial score (nSPS) is 10.2. The van der Waals surface area contributed by atoms with Gasteiger partial charge in [-0.1, -0.05) is 18.5 Å². The molecule has 0 spiro atoms. The Hall–Kier alpha value is -0.630.